The van der Waals surface area contributed by atoms with Gasteiger partial charge < -0.3 is 10.6 Å². The number of hydrogen-bond acceptors (Lipinski definition) is 4. The Morgan fingerprint density at radius 3 is 2.75 bits per heavy atom. The molecule has 64 valence electrons. The van der Waals surface area contributed by atoms with Crippen LogP contribution >= 0.6 is 0 Å². The Morgan fingerprint density at radius 1 is 1.33 bits per heavy atom. The van der Waals surface area contributed by atoms with Crippen LogP contribution in [0.1, 0.15) is 12.8 Å². The number of rotatable bonds is 1. The minimum absolute atomic E-state index is 0.499. The Hall–Kier alpha value is -1.32. The van der Waals surface area contributed by atoms with Crippen molar-refractivity contribution in [2.75, 3.05) is 23.7 Å². The van der Waals surface area contributed by atoms with Crippen molar-refractivity contribution in [3.63, 3.8) is 0 Å². The van der Waals surface area contributed by atoms with Crippen LogP contribution in [-0.2, 0) is 0 Å². The van der Waals surface area contributed by atoms with E-state index in [-0.39, 0.29) is 0 Å². The number of aromatic nitrogens is 2. The van der Waals surface area contributed by atoms with Gasteiger partial charge in [0.1, 0.15) is 5.82 Å². The zero-order chi connectivity index (χ0) is 8.39. The lowest BCUT2D eigenvalue weighted by Crippen LogP contribution is -2.18. The van der Waals surface area contributed by atoms with Crippen LogP contribution in [0.2, 0.25) is 0 Å². The molecule has 12 heavy (non-hydrogen) atoms. The molecule has 1 aliphatic rings. The third kappa shape index (κ3) is 1.32. The standard InChI is InChI=1S/C8H12N4/c9-8-5-7(6-10-11-8)12-3-1-2-4-12/h5-6H,1-4H2,(H2,9,11). The summed E-state index contributed by atoms with van der Waals surface area (Å²) < 4.78 is 0. The smallest absolute Gasteiger partial charge is 0.148 e. The molecule has 0 bridgehead atoms. The lowest BCUT2D eigenvalue weighted by Gasteiger charge is -2.16. The Kier molecular flexibility index (Phi) is 1.81. The first-order valence-electron chi connectivity index (χ1n) is 4.19. The molecule has 1 fully saturated rings. The molecule has 4 heteroatoms. The molecule has 1 aliphatic heterocycles. The lowest BCUT2D eigenvalue weighted by molar-refractivity contribution is 0.940. The van der Waals surface area contributed by atoms with Gasteiger partial charge in [0.05, 0.1) is 11.9 Å². The van der Waals surface area contributed by atoms with E-state index >= 15 is 0 Å². The molecule has 0 unspecified atom stereocenters. The molecule has 1 aromatic heterocycles. The molecule has 2 heterocycles. The molecular formula is C8H12N4. The normalized spacial score (nSPS) is 16.8. The van der Waals surface area contributed by atoms with Crippen molar-refractivity contribution in [3.05, 3.63) is 12.3 Å². The Morgan fingerprint density at radius 2 is 2.08 bits per heavy atom. The molecule has 0 radical (unpaired) electrons. The van der Waals surface area contributed by atoms with E-state index in [1.165, 1.54) is 12.8 Å². The zero-order valence-corrected chi connectivity index (χ0v) is 6.90. The van der Waals surface area contributed by atoms with Crippen LogP contribution in [0.3, 0.4) is 0 Å². The van der Waals surface area contributed by atoms with Gasteiger partial charge in [0.15, 0.2) is 0 Å². The summed E-state index contributed by atoms with van der Waals surface area (Å²) in [4.78, 5) is 2.28. The largest absolute Gasteiger partial charge is 0.382 e. The van der Waals surface area contributed by atoms with Gasteiger partial charge >= 0.3 is 0 Å². The zero-order valence-electron chi connectivity index (χ0n) is 6.90. The Bertz CT molecular complexity index is 268. The van der Waals surface area contributed by atoms with Crippen molar-refractivity contribution in [3.8, 4) is 0 Å². The van der Waals surface area contributed by atoms with Gasteiger partial charge in [0.25, 0.3) is 0 Å². The summed E-state index contributed by atoms with van der Waals surface area (Å²) in [5.74, 6) is 0.499. The molecule has 1 aromatic rings. The minimum Gasteiger partial charge on any atom is -0.382 e. The molecule has 0 aromatic carbocycles. The fourth-order valence-electron chi connectivity index (χ4n) is 1.52. The number of nitrogen functional groups attached to an aromatic ring is 1. The van der Waals surface area contributed by atoms with E-state index < -0.39 is 0 Å². The third-order valence-electron chi connectivity index (χ3n) is 2.13. The van der Waals surface area contributed by atoms with Crippen molar-refractivity contribution in [2.45, 2.75) is 12.8 Å². The van der Waals surface area contributed by atoms with Gasteiger partial charge in [-0.2, -0.15) is 5.10 Å². The quantitative estimate of drug-likeness (QED) is 0.662. The highest BCUT2D eigenvalue weighted by Crippen LogP contribution is 2.19. The predicted octanol–water partition coefficient (Wildman–Crippen LogP) is 0.659. The third-order valence-corrected chi connectivity index (χ3v) is 2.13. The number of nitrogens with zero attached hydrogens (tertiary/aromatic N) is 3. The molecule has 2 N–H and O–H groups in total. The highest BCUT2D eigenvalue weighted by Gasteiger charge is 2.12. The average Bonchev–Trinajstić information content (AvgIpc) is 2.56. The van der Waals surface area contributed by atoms with Crippen molar-refractivity contribution < 1.29 is 0 Å². The molecule has 4 nitrogen and oxygen atoms in total. The predicted molar refractivity (Wildman–Crippen MR) is 47.9 cm³/mol. The van der Waals surface area contributed by atoms with Gasteiger partial charge in [-0.15, -0.1) is 5.10 Å². The highest BCUT2D eigenvalue weighted by molar-refractivity contribution is 5.50. The molecular weight excluding hydrogens is 152 g/mol. The van der Waals surface area contributed by atoms with Crippen molar-refractivity contribution in [2.24, 2.45) is 0 Å². The number of hydrogen-bond donors (Lipinski definition) is 1. The first kappa shape index (κ1) is 7.34. The SMILES string of the molecule is Nc1cc(N2CCCC2)cnn1. The second-order valence-electron chi connectivity index (χ2n) is 3.03. The summed E-state index contributed by atoms with van der Waals surface area (Å²) in [6, 6.07) is 1.87. The van der Waals surface area contributed by atoms with E-state index in [0.29, 0.717) is 5.82 Å². The first-order valence-corrected chi connectivity index (χ1v) is 4.19. The van der Waals surface area contributed by atoms with E-state index in [9.17, 15) is 0 Å². The van der Waals surface area contributed by atoms with Crippen molar-refractivity contribution in [1.29, 1.82) is 0 Å². The van der Waals surface area contributed by atoms with Gasteiger partial charge in [-0.05, 0) is 12.8 Å². The van der Waals surface area contributed by atoms with E-state index in [0.717, 1.165) is 18.8 Å². The van der Waals surface area contributed by atoms with E-state index in [4.69, 9.17) is 5.73 Å². The molecule has 0 atom stereocenters. The fourth-order valence-corrected chi connectivity index (χ4v) is 1.52. The van der Waals surface area contributed by atoms with E-state index in [1.54, 1.807) is 6.20 Å². The Labute approximate surface area is 71.4 Å². The molecule has 0 amide bonds. The Balaban J connectivity index is 2.21. The van der Waals surface area contributed by atoms with E-state index in [2.05, 4.69) is 15.1 Å². The maximum Gasteiger partial charge on any atom is 0.148 e. The van der Waals surface area contributed by atoms with Crippen LogP contribution < -0.4 is 10.6 Å². The van der Waals surface area contributed by atoms with Crippen molar-refractivity contribution in [1.82, 2.24) is 10.2 Å². The molecule has 2 rings (SSSR count). The summed E-state index contributed by atoms with van der Waals surface area (Å²) >= 11 is 0. The van der Waals surface area contributed by atoms with Gasteiger partial charge in [0, 0.05) is 19.2 Å². The van der Waals surface area contributed by atoms with Gasteiger partial charge in [-0.3, -0.25) is 0 Å². The first-order chi connectivity index (χ1) is 5.86. The van der Waals surface area contributed by atoms with Gasteiger partial charge in [-0.1, -0.05) is 0 Å². The lowest BCUT2D eigenvalue weighted by atomic mass is 10.4. The van der Waals surface area contributed by atoms with Crippen LogP contribution in [0.15, 0.2) is 12.3 Å². The molecule has 0 spiro atoms. The monoisotopic (exact) mass is 164 g/mol. The summed E-state index contributed by atoms with van der Waals surface area (Å²) in [5, 5.41) is 7.52. The number of nitrogens with two attached hydrogens (primary N) is 1. The highest BCUT2D eigenvalue weighted by atomic mass is 15.2. The molecule has 0 saturated carbocycles. The topological polar surface area (TPSA) is 55.0 Å². The summed E-state index contributed by atoms with van der Waals surface area (Å²) in [7, 11) is 0. The maximum atomic E-state index is 5.53. The second kappa shape index (κ2) is 2.97. The maximum absolute atomic E-state index is 5.53. The summed E-state index contributed by atoms with van der Waals surface area (Å²) in [6.07, 6.45) is 4.30. The minimum atomic E-state index is 0.499. The van der Waals surface area contributed by atoms with Crippen LogP contribution in [0, 0.1) is 0 Å². The van der Waals surface area contributed by atoms with Crippen molar-refractivity contribution >= 4 is 11.5 Å². The fraction of sp³-hybridized carbons (Fsp3) is 0.500. The summed E-state index contributed by atoms with van der Waals surface area (Å²) in [6.45, 7) is 2.23. The average molecular weight is 164 g/mol. The molecule has 0 aliphatic carbocycles. The van der Waals surface area contributed by atoms with Crippen LogP contribution in [-0.4, -0.2) is 23.3 Å². The second-order valence-corrected chi connectivity index (χ2v) is 3.03. The summed E-state index contributed by atoms with van der Waals surface area (Å²) in [5.41, 5.74) is 6.62. The van der Waals surface area contributed by atoms with Crippen LogP contribution in [0.4, 0.5) is 11.5 Å². The number of anilines is 2. The van der Waals surface area contributed by atoms with Gasteiger partial charge in [0.2, 0.25) is 0 Å². The molecule has 1 saturated heterocycles. The van der Waals surface area contributed by atoms with E-state index in [1.807, 2.05) is 6.07 Å². The van der Waals surface area contributed by atoms with Crippen LogP contribution in [0.25, 0.3) is 0 Å². The van der Waals surface area contributed by atoms with Crippen LogP contribution in [0.5, 0.6) is 0 Å². The van der Waals surface area contributed by atoms with Gasteiger partial charge in [-0.25, -0.2) is 0 Å².